The standard InChI is InChI=1S/C14H12N2O2.C13H10/c15-12(17)14(13(16)18)7-3-6-10-8-4-1-2-5-9(8)11(10)14;1-4-10-6-2-8-12-9-3-7-11(5-1)13(10)12/h1-6H,7H2,(H2,15,17)(H2,16,18);1-8H,9H2. The molecule has 2 amide bonds. The molecule has 6 rings (SSSR count). The molecular weight excluding hydrogens is 384 g/mol. The summed E-state index contributed by atoms with van der Waals surface area (Å²) in [6, 6.07) is 20.6. The first-order chi connectivity index (χ1) is 15.0. The molecule has 0 saturated heterocycles. The SMILES string of the molecule is C1=Cc2cccc3cccc(c23)C1.NC(=O)C1(C(N)=O)CC=CC2=C1c1ccccc12. The Bertz CT molecular complexity index is 1330. The van der Waals surface area contributed by atoms with Crippen LogP contribution >= 0.6 is 0 Å². The van der Waals surface area contributed by atoms with Crippen LogP contribution in [0.15, 0.2) is 78.9 Å². The van der Waals surface area contributed by atoms with Gasteiger partial charge in [0.15, 0.2) is 5.41 Å². The first-order valence-corrected chi connectivity index (χ1v) is 10.3. The molecule has 0 aromatic heterocycles. The number of nitrogens with two attached hydrogens (primary N) is 2. The lowest BCUT2D eigenvalue weighted by Gasteiger charge is -2.40. The molecule has 0 unspecified atom stereocenters. The Balaban J connectivity index is 0.000000138. The quantitative estimate of drug-likeness (QED) is 0.624. The molecule has 3 aromatic carbocycles. The van der Waals surface area contributed by atoms with Crippen LogP contribution < -0.4 is 11.5 Å². The van der Waals surface area contributed by atoms with E-state index in [2.05, 4.69) is 48.6 Å². The summed E-state index contributed by atoms with van der Waals surface area (Å²) in [5, 5.41) is 2.80. The summed E-state index contributed by atoms with van der Waals surface area (Å²) in [7, 11) is 0. The Hall–Kier alpha value is -3.92. The van der Waals surface area contributed by atoms with Crippen LogP contribution in [0, 0.1) is 5.41 Å². The van der Waals surface area contributed by atoms with Gasteiger partial charge in [-0.05, 0) is 57.0 Å². The van der Waals surface area contributed by atoms with Gasteiger partial charge < -0.3 is 11.5 Å². The normalized spacial score (nSPS) is 16.5. The molecule has 31 heavy (non-hydrogen) atoms. The van der Waals surface area contributed by atoms with Crippen LogP contribution in [0.5, 0.6) is 0 Å². The molecule has 0 fully saturated rings. The zero-order valence-electron chi connectivity index (χ0n) is 17.0. The number of benzene rings is 3. The van der Waals surface area contributed by atoms with Gasteiger partial charge in [0.25, 0.3) is 0 Å². The maximum atomic E-state index is 11.8. The zero-order valence-corrected chi connectivity index (χ0v) is 17.0. The Kier molecular flexibility index (Phi) is 4.36. The number of primary amides is 2. The Labute approximate surface area is 180 Å². The second kappa shape index (κ2) is 7.10. The van der Waals surface area contributed by atoms with Crippen LogP contribution in [-0.4, -0.2) is 11.8 Å². The third kappa shape index (κ3) is 2.76. The maximum Gasteiger partial charge on any atom is 0.237 e. The molecule has 0 radical (unpaired) electrons. The molecule has 3 aliphatic rings. The van der Waals surface area contributed by atoms with Crippen LogP contribution in [0.2, 0.25) is 0 Å². The van der Waals surface area contributed by atoms with E-state index in [-0.39, 0.29) is 6.42 Å². The molecule has 0 spiro atoms. The van der Waals surface area contributed by atoms with Crippen molar-refractivity contribution in [3.63, 3.8) is 0 Å². The maximum absolute atomic E-state index is 11.8. The number of rotatable bonds is 2. The lowest BCUT2D eigenvalue weighted by molar-refractivity contribution is -0.135. The van der Waals surface area contributed by atoms with Crippen molar-refractivity contribution in [1.29, 1.82) is 0 Å². The molecule has 4 nitrogen and oxygen atoms in total. The fraction of sp³-hybridized carbons (Fsp3) is 0.111. The summed E-state index contributed by atoms with van der Waals surface area (Å²) < 4.78 is 0. The Morgan fingerprint density at radius 2 is 1.48 bits per heavy atom. The number of carbonyl (C=O) groups excluding carboxylic acids is 2. The Morgan fingerprint density at radius 1 is 0.774 bits per heavy atom. The summed E-state index contributed by atoms with van der Waals surface area (Å²) in [6.45, 7) is 0. The fourth-order valence-corrected chi connectivity index (χ4v) is 4.88. The average molecular weight is 406 g/mol. The molecule has 4 heteroatoms. The summed E-state index contributed by atoms with van der Waals surface area (Å²) in [5.41, 5.74) is 15.8. The van der Waals surface area contributed by atoms with Crippen molar-refractivity contribution < 1.29 is 9.59 Å². The van der Waals surface area contributed by atoms with E-state index in [4.69, 9.17) is 11.5 Å². The summed E-state index contributed by atoms with van der Waals surface area (Å²) in [6.07, 6.45) is 9.47. The van der Waals surface area contributed by atoms with Gasteiger partial charge in [-0.3, -0.25) is 9.59 Å². The summed E-state index contributed by atoms with van der Waals surface area (Å²) in [5.74, 6) is -1.36. The van der Waals surface area contributed by atoms with Gasteiger partial charge in [0, 0.05) is 0 Å². The highest BCUT2D eigenvalue weighted by molar-refractivity contribution is 6.25. The first-order valence-electron chi connectivity index (χ1n) is 10.3. The topological polar surface area (TPSA) is 86.2 Å². The van der Waals surface area contributed by atoms with Crippen LogP contribution in [0.4, 0.5) is 0 Å². The van der Waals surface area contributed by atoms with Gasteiger partial charge >= 0.3 is 0 Å². The van der Waals surface area contributed by atoms with Gasteiger partial charge in [-0.1, -0.05) is 85.0 Å². The molecule has 0 saturated carbocycles. The van der Waals surface area contributed by atoms with Crippen molar-refractivity contribution in [1.82, 2.24) is 0 Å². The van der Waals surface area contributed by atoms with E-state index in [0.29, 0.717) is 5.57 Å². The minimum atomic E-state index is -1.39. The number of amides is 2. The van der Waals surface area contributed by atoms with Gasteiger partial charge in [-0.2, -0.15) is 0 Å². The third-order valence-corrected chi connectivity index (χ3v) is 6.39. The molecule has 0 heterocycles. The van der Waals surface area contributed by atoms with Crippen LogP contribution in [-0.2, 0) is 16.0 Å². The second-order valence-electron chi connectivity index (χ2n) is 8.04. The van der Waals surface area contributed by atoms with Crippen molar-refractivity contribution in [2.75, 3.05) is 0 Å². The van der Waals surface area contributed by atoms with Crippen molar-refractivity contribution in [3.05, 3.63) is 101 Å². The summed E-state index contributed by atoms with van der Waals surface area (Å²) >= 11 is 0. The number of fused-ring (bicyclic) bond motifs is 3. The second-order valence-corrected chi connectivity index (χ2v) is 8.04. The van der Waals surface area contributed by atoms with Crippen molar-refractivity contribution in [3.8, 4) is 0 Å². The molecule has 3 aliphatic carbocycles. The van der Waals surface area contributed by atoms with E-state index in [1.165, 1.54) is 21.9 Å². The monoisotopic (exact) mass is 406 g/mol. The van der Waals surface area contributed by atoms with E-state index < -0.39 is 17.2 Å². The van der Waals surface area contributed by atoms with E-state index >= 15 is 0 Å². The van der Waals surface area contributed by atoms with E-state index in [9.17, 15) is 9.59 Å². The van der Waals surface area contributed by atoms with Gasteiger partial charge in [-0.25, -0.2) is 0 Å². The highest BCUT2D eigenvalue weighted by Crippen LogP contribution is 2.54. The minimum absolute atomic E-state index is 0.241. The lowest BCUT2D eigenvalue weighted by atomic mass is 9.61. The van der Waals surface area contributed by atoms with E-state index in [1.807, 2.05) is 30.3 Å². The highest BCUT2D eigenvalue weighted by atomic mass is 16.2. The van der Waals surface area contributed by atoms with E-state index in [1.54, 1.807) is 6.08 Å². The molecule has 0 atom stereocenters. The van der Waals surface area contributed by atoms with Crippen molar-refractivity contribution in [2.24, 2.45) is 16.9 Å². The number of carbonyl (C=O) groups is 2. The molecule has 0 bridgehead atoms. The van der Waals surface area contributed by atoms with Crippen LogP contribution in [0.3, 0.4) is 0 Å². The number of hydrogen-bond donors (Lipinski definition) is 2. The molecule has 0 aliphatic heterocycles. The third-order valence-electron chi connectivity index (χ3n) is 6.39. The molecular formula is C27H22N2O2. The lowest BCUT2D eigenvalue weighted by Crippen LogP contribution is -2.50. The summed E-state index contributed by atoms with van der Waals surface area (Å²) in [4.78, 5) is 23.5. The van der Waals surface area contributed by atoms with Gasteiger partial charge in [0.05, 0.1) is 0 Å². The molecule has 4 N–H and O–H groups in total. The van der Waals surface area contributed by atoms with Crippen molar-refractivity contribution >= 4 is 39.8 Å². The van der Waals surface area contributed by atoms with Crippen LogP contribution in [0.25, 0.3) is 28.0 Å². The smallest absolute Gasteiger partial charge is 0.237 e. The largest absolute Gasteiger partial charge is 0.368 e. The molecule has 3 aromatic rings. The Morgan fingerprint density at radius 3 is 2.23 bits per heavy atom. The van der Waals surface area contributed by atoms with Gasteiger partial charge in [0.1, 0.15) is 0 Å². The predicted molar refractivity (Wildman–Crippen MR) is 125 cm³/mol. The first kappa shape index (κ1) is 19.1. The average Bonchev–Trinajstić information content (AvgIpc) is 2.78. The van der Waals surface area contributed by atoms with Gasteiger partial charge in [-0.15, -0.1) is 0 Å². The zero-order chi connectivity index (χ0) is 21.6. The van der Waals surface area contributed by atoms with E-state index in [0.717, 1.165) is 23.1 Å². The van der Waals surface area contributed by atoms with Crippen LogP contribution in [0.1, 0.15) is 28.7 Å². The van der Waals surface area contributed by atoms with Crippen molar-refractivity contribution in [2.45, 2.75) is 12.8 Å². The number of allylic oxidation sites excluding steroid dienone is 4. The predicted octanol–water partition coefficient (Wildman–Crippen LogP) is 4.24. The minimum Gasteiger partial charge on any atom is -0.368 e. The van der Waals surface area contributed by atoms with Gasteiger partial charge in [0.2, 0.25) is 11.8 Å². The fourth-order valence-electron chi connectivity index (χ4n) is 4.88. The highest BCUT2D eigenvalue weighted by Gasteiger charge is 2.52. The molecule has 152 valence electrons. The number of hydrogen-bond acceptors (Lipinski definition) is 2.